The lowest BCUT2D eigenvalue weighted by Gasteiger charge is -2.29. The molecule has 0 bridgehead atoms. The first-order chi connectivity index (χ1) is 25.2. The van der Waals surface area contributed by atoms with Crippen LogP contribution in [0.4, 0.5) is 17.1 Å². The van der Waals surface area contributed by atoms with Crippen molar-refractivity contribution in [2.45, 2.75) is 57.2 Å². The number of nitro groups is 1. The minimum Gasteiger partial charge on any atom is -0.467 e. The molecule has 2 amide bonds. The molecule has 286 valence electrons. The smallest absolute Gasteiger partial charge is 0.293 e. The largest absolute Gasteiger partial charge is 0.467 e. The van der Waals surface area contributed by atoms with E-state index in [-0.39, 0.29) is 52.7 Å². The maximum Gasteiger partial charge on any atom is 0.293 e. The zero-order chi connectivity index (χ0) is 39.3. The van der Waals surface area contributed by atoms with E-state index in [0.717, 1.165) is 29.7 Å². The molecule has 1 aliphatic rings. The number of nitro benzene ring substituents is 1. The van der Waals surface area contributed by atoms with Gasteiger partial charge in [0, 0.05) is 13.2 Å². The van der Waals surface area contributed by atoms with Gasteiger partial charge in [-0.25, -0.2) is 0 Å². The molecule has 16 heteroatoms. The highest BCUT2D eigenvalue weighted by Crippen LogP contribution is 2.39. The molecule has 3 aromatic carbocycles. The number of alkyl halides is 3. The van der Waals surface area contributed by atoms with Crippen LogP contribution in [-0.2, 0) is 31.9 Å². The summed E-state index contributed by atoms with van der Waals surface area (Å²) in [5.74, 6) is 1.03. The van der Waals surface area contributed by atoms with Crippen LogP contribution in [0.2, 0.25) is 5.02 Å². The lowest BCUT2D eigenvalue weighted by Crippen LogP contribution is -2.45. The lowest BCUT2D eigenvalue weighted by atomic mass is 10.0. The molecule has 1 aromatic heterocycles. The predicted molar refractivity (Wildman–Crippen MR) is 208 cm³/mol. The van der Waals surface area contributed by atoms with Gasteiger partial charge < -0.3 is 29.3 Å². The minimum atomic E-state index is -1.08. The van der Waals surface area contributed by atoms with Gasteiger partial charge in [-0.3, -0.25) is 24.6 Å². The van der Waals surface area contributed by atoms with E-state index >= 15 is 0 Å². The molecular weight excluding hydrogens is 770 g/mol. The van der Waals surface area contributed by atoms with Crippen molar-refractivity contribution in [2.24, 2.45) is 0 Å². The van der Waals surface area contributed by atoms with Crippen LogP contribution in [0.25, 0.3) is 0 Å². The Bertz CT molecular complexity index is 1790. The number of aryl methyl sites for hydroxylation is 2. The third-order valence-electron chi connectivity index (χ3n) is 7.94. The van der Waals surface area contributed by atoms with E-state index in [4.69, 9.17) is 70.8 Å². The Hall–Kier alpha value is -4.04. The molecule has 0 radical (unpaired) electrons. The molecule has 12 nitrogen and oxygen atoms in total. The van der Waals surface area contributed by atoms with Gasteiger partial charge >= 0.3 is 0 Å². The van der Waals surface area contributed by atoms with Crippen LogP contribution < -0.4 is 15.4 Å². The number of nitrogen functional groups attached to an aromatic ring is 1. The minimum absolute atomic E-state index is 0.0352. The van der Waals surface area contributed by atoms with E-state index < -0.39 is 15.5 Å². The average Bonchev–Trinajstić information content (AvgIpc) is 3.80. The van der Waals surface area contributed by atoms with E-state index in [9.17, 15) is 19.7 Å². The standard InChI is InChI=1S/C14H20ClNO2.C12H9ClN2O3.C11H13Cl2NO3/c1-4-11-7-6-8-12(5-2)14(11)16(10-18-3)13(17)9-15;13-11-10(18-8-4-2-1-3-5-8)7-6-9(12(11)14)15(16)17;1-11(2)14(10(15)9(12)13)6-8(17-11)7-4-3-5-16-7/h6-8H,4-5,9-10H2,1-3H3;1-7H,14H2;3-5,8-9H,6H2,1-2H3. The van der Waals surface area contributed by atoms with Crippen LogP contribution in [0, 0.1) is 10.1 Å². The molecule has 1 unspecified atom stereocenters. The topological polar surface area (TPSA) is 151 Å². The number of furan rings is 1. The number of rotatable bonds is 11. The molecule has 0 aliphatic carbocycles. The van der Waals surface area contributed by atoms with Gasteiger partial charge in [0.05, 0.1) is 23.4 Å². The van der Waals surface area contributed by atoms with E-state index in [0.29, 0.717) is 18.1 Å². The zero-order valence-corrected chi connectivity index (χ0v) is 32.9. The molecule has 4 aromatic rings. The van der Waals surface area contributed by atoms with E-state index in [1.807, 2.05) is 30.3 Å². The first-order valence-corrected chi connectivity index (χ1v) is 18.2. The summed E-state index contributed by atoms with van der Waals surface area (Å²) in [6, 6.07) is 21.3. The monoisotopic (exact) mass is 810 g/mol. The second-order valence-electron chi connectivity index (χ2n) is 11.8. The van der Waals surface area contributed by atoms with Crippen molar-refractivity contribution in [1.29, 1.82) is 0 Å². The zero-order valence-electron chi connectivity index (χ0n) is 29.9. The second kappa shape index (κ2) is 20.4. The van der Waals surface area contributed by atoms with E-state index in [2.05, 4.69) is 13.8 Å². The molecule has 5 rings (SSSR count). The first-order valence-electron chi connectivity index (χ1n) is 16.4. The Morgan fingerprint density at radius 2 is 1.68 bits per heavy atom. The van der Waals surface area contributed by atoms with Crippen molar-refractivity contribution in [3.05, 3.63) is 111 Å². The summed E-state index contributed by atoms with van der Waals surface area (Å²) < 4.78 is 21.7. The highest BCUT2D eigenvalue weighted by atomic mass is 35.5. The highest BCUT2D eigenvalue weighted by molar-refractivity contribution is 6.53. The van der Waals surface area contributed by atoms with Gasteiger partial charge in [0.15, 0.2) is 4.84 Å². The summed E-state index contributed by atoms with van der Waals surface area (Å²) >= 11 is 22.8. The molecule has 0 spiro atoms. The molecule has 0 saturated carbocycles. The molecule has 1 saturated heterocycles. The molecule has 2 heterocycles. The van der Waals surface area contributed by atoms with Crippen LogP contribution in [0.3, 0.4) is 0 Å². The summed E-state index contributed by atoms with van der Waals surface area (Å²) in [5.41, 5.74) is 7.75. The SMILES string of the molecule is CC1(C)OC(c2ccco2)CN1C(=O)C(Cl)Cl.CCc1cccc(CC)c1N(COC)C(=O)CCl.Nc1c([N+](=O)[O-])ccc(Oc2ccccc2)c1Cl. The summed E-state index contributed by atoms with van der Waals surface area (Å²) in [7, 11) is 1.58. The molecule has 1 aliphatic heterocycles. The van der Waals surface area contributed by atoms with Gasteiger partial charge in [0.25, 0.3) is 11.6 Å². The average molecular weight is 813 g/mol. The number of benzene rings is 3. The van der Waals surface area contributed by atoms with Crippen LogP contribution in [0.15, 0.2) is 83.5 Å². The molecular formula is C37H42Cl4N4O8. The number of halogens is 4. The lowest BCUT2D eigenvalue weighted by molar-refractivity contribution is -0.383. The fourth-order valence-electron chi connectivity index (χ4n) is 5.37. The fraction of sp³-hybridized carbons (Fsp3) is 0.351. The number of hydrogen-bond acceptors (Lipinski definition) is 9. The van der Waals surface area contributed by atoms with Crippen molar-refractivity contribution in [3.63, 3.8) is 0 Å². The first kappa shape index (κ1) is 43.4. The fourth-order valence-corrected chi connectivity index (χ4v) is 5.95. The number of amides is 2. The maximum absolute atomic E-state index is 12.0. The number of anilines is 2. The number of para-hydroxylation sites is 2. The van der Waals surface area contributed by atoms with Crippen LogP contribution >= 0.6 is 46.4 Å². The maximum atomic E-state index is 12.0. The van der Waals surface area contributed by atoms with Gasteiger partial charge in [-0.15, -0.1) is 11.6 Å². The number of ether oxygens (including phenoxy) is 3. The van der Waals surface area contributed by atoms with Crippen molar-refractivity contribution in [2.75, 3.05) is 36.9 Å². The van der Waals surface area contributed by atoms with Gasteiger partial charge in [-0.05, 0) is 68.1 Å². The number of methoxy groups -OCH3 is 1. The predicted octanol–water partition coefficient (Wildman–Crippen LogP) is 9.33. The molecule has 1 atom stereocenters. The Labute approximate surface area is 328 Å². The number of hydrogen-bond donors (Lipinski definition) is 1. The van der Waals surface area contributed by atoms with Gasteiger partial charge in [-0.1, -0.05) is 85.0 Å². The quantitative estimate of drug-likeness (QED) is 0.0514. The Morgan fingerprint density at radius 1 is 1.04 bits per heavy atom. The third-order valence-corrected chi connectivity index (χ3v) is 8.93. The van der Waals surface area contributed by atoms with Gasteiger partial charge in [-0.2, -0.15) is 0 Å². The number of carbonyl (C=O) groups is 2. The van der Waals surface area contributed by atoms with E-state index in [1.54, 1.807) is 62.5 Å². The molecule has 1 fully saturated rings. The summed E-state index contributed by atoms with van der Waals surface area (Å²) in [4.78, 5) is 35.9. The third kappa shape index (κ3) is 11.5. The molecule has 2 N–H and O–H groups in total. The second-order valence-corrected chi connectivity index (χ2v) is 13.5. The van der Waals surface area contributed by atoms with Crippen LogP contribution in [0.5, 0.6) is 11.5 Å². The van der Waals surface area contributed by atoms with Crippen LogP contribution in [-0.4, -0.2) is 58.5 Å². The normalized spacial score (nSPS) is 14.5. The van der Waals surface area contributed by atoms with E-state index in [1.165, 1.54) is 17.0 Å². The Balaban J connectivity index is 0.000000214. The van der Waals surface area contributed by atoms with Crippen LogP contribution in [0.1, 0.15) is 50.7 Å². The van der Waals surface area contributed by atoms with Gasteiger partial charge in [0.2, 0.25) is 5.91 Å². The van der Waals surface area contributed by atoms with Gasteiger partial charge in [0.1, 0.15) is 52.4 Å². The van der Waals surface area contributed by atoms with Crippen molar-refractivity contribution < 1.29 is 33.1 Å². The summed E-state index contributed by atoms with van der Waals surface area (Å²) in [6.45, 7) is 8.36. The summed E-state index contributed by atoms with van der Waals surface area (Å²) in [6.07, 6.45) is 3.04. The number of nitrogens with zero attached hydrogens (tertiary/aromatic N) is 3. The van der Waals surface area contributed by atoms with Crippen molar-refractivity contribution >= 4 is 75.3 Å². The highest BCUT2D eigenvalue weighted by Gasteiger charge is 2.45. The Kier molecular flexibility index (Phi) is 16.7. The Morgan fingerprint density at radius 3 is 2.19 bits per heavy atom. The summed E-state index contributed by atoms with van der Waals surface area (Å²) in [5, 5.41) is 10.7. The van der Waals surface area contributed by atoms with Crippen molar-refractivity contribution in [1.82, 2.24) is 4.90 Å². The number of nitrogens with two attached hydrogens (primary N) is 1. The van der Waals surface area contributed by atoms with Crippen molar-refractivity contribution in [3.8, 4) is 11.5 Å². The number of carbonyl (C=O) groups excluding carboxylic acids is 2. The molecule has 53 heavy (non-hydrogen) atoms.